The fourth-order valence-corrected chi connectivity index (χ4v) is 2.66. The van der Waals surface area contributed by atoms with Crippen molar-refractivity contribution in [2.24, 2.45) is 0 Å². The van der Waals surface area contributed by atoms with E-state index in [-0.39, 0.29) is 28.0 Å². The second-order valence-corrected chi connectivity index (χ2v) is 6.03. The van der Waals surface area contributed by atoms with Crippen molar-refractivity contribution >= 4 is 51.9 Å². The first-order chi connectivity index (χ1) is 10.4. The Morgan fingerprint density at radius 2 is 1.68 bits per heavy atom. The lowest BCUT2D eigenvalue weighted by Gasteiger charge is -1.95. The standard InChI is InChI=1S/C10H7NO3S.C3H3NO2S/c12-7-3-1-6(2-4-7)5-8-9(13)11-10(14)15-8;5-2-1-7-3(6)4-2/h1-5,12H,(H,11,13,14);1H2,(H,4,5,6). The molecule has 0 radical (unpaired) electrons. The van der Waals surface area contributed by atoms with Gasteiger partial charge in [-0.3, -0.25) is 29.8 Å². The van der Waals surface area contributed by atoms with E-state index >= 15 is 0 Å². The van der Waals surface area contributed by atoms with E-state index in [1.54, 1.807) is 18.2 Å². The normalized spacial score (nSPS) is 18.8. The summed E-state index contributed by atoms with van der Waals surface area (Å²) in [6.07, 6.45) is 1.60. The summed E-state index contributed by atoms with van der Waals surface area (Å²) < 4.78 is 0. The SMILES string of the molecule is O=C1CSC(=O)N1.O=C1NC(=O)C(=Cc2ccc(O)cc2)S1. The summed E-state index contributed by atoms with van der Waals surface area (Å²) in [4.78, 5) is 42.6. The Kier molecular flexibility index (Phi) is 5.23. The Bertz CT molecular complexity index is 656. The molecular weight excluding hydrogens is 328 g/mol. The van der Waals surface area contributed by atoms with Gasteiger partial charge in [0.1, 0.15) is 5.75 Å². The zero-order valence-electron chi connectivity index (χ0n) is 11.0. The molecule has 22 heavy (non-hydrogen) atoms. The average molecular weight is 338 g/mol. The van der Waals surface area contributed by atoms with E-state index in [2.05, 4.69) is 10.6 Å². The van der Waals surface area contributed by atoms with Crippen molar-refractivity contribution in [3.8, 4) is 5.75 Å². The van der Waals surface area contributed by atoms with Crippen LogP contribution >= 0.6 is 23.5 Å². The Morgan fingerprint density at radius 3 is 2.09 bits per heavy atom. The minimum Gasteiger partial charge on any atom is -0.508 e. The van der Waals surface area contributed by atoms with Crippen LogP contribution in [0.1, 0.15) is 5.56 Å². The molecule has 0 aromatic heterocycles. The number of thioether (sulfide) groups is 2. The molecule has 3 N–H and O–H groups in total. The van der Waals surface area contributed by atoms with E-state index in [0.717, 1.165) is 29.1 Å². The topological polar surface area (TPSA) is 113 Å². The Labute approximate surface area is 133 Å². The minimum atomic E-state index is -0.377. The summed E-state index contributed by atoms with van der Waals surface area (Å²) in [5.41, 5.74) is 0.764. The van der Waals surface area contributed by atoms with Crippen LogP contribution in [-0.4, -0.2) is 33.2 Å². The molecule has 7 nitrogen and oxygen atoms in total. The number of benzene rings is 1. The van der Waals surface area contributed by atoms with Gasteiger partial charge in [0.2, 0.25) is 5.91 Å². The zero-order valence-corrected chi connectivity index (χ0v) is 12.6. The van der Waals surface area contributed by atoms with Gasteiger partial charge < -0.3 is 5.11 Å². The van der Waals surface area contributed by atoms with E-state index in [9.17, 15) is 19.2 Å². The maximum atomic E-state index is 11.2. The molecule has 1 aromatic rings. The highest BCUT2D eigenvalue weighted by Crippen LogP contribution is 2.25. The van der Waals surface area contributed by atoms with Crippen molar-refractivity contribution < 1.29 is 24.3 Å². The van der Waals surface area contributed by atoms with Crippen LogP contribution in [0.3, 0.4) is 0 Å². The molecule has 0 saturated carbocycles. The van der Waals surface area contributed by atoms with Gasteiger partial charge in [-0.15, -0.1) is 0 Å². The molecule has 0 atom stereocenters. The largest absolute Gasteiger partial charge is 0.508 e. The van der Waals surface area contributed by atoms with Gasteiger partial charge in [-0.2, -0.15) is 0 Å². The van der Waals surface area contributed by atoms with Crippen molar-refractivity contribution in [2.45, 2.75) is 0 Å². The second-order valence-electron chi connectivity index (χ2n) is 4.07. The summed E-state index contributed by atoms with van der Waals surface area (Å²) in [7, 11) is 0. The zero-order chi connectivity index (χ0) is 16.1. The predicted molar refractivity (Wildman–Crippen MR) is 83.2 cm³/mol. The number of nitrogens with one attached hydrogen (secondary N) is 2. The number of carbonyl (C=O) groups excluding carboxylic acids is 4. The highest BCUT2D eigenvalue weighted by atomic mass is 32.2. The molecule has 0 spiro atoms. The van der Waals surface area contributed by atoms with Crippen molar-refractivity contribution in [1.29, 1.82) is 0 Å². The Hall–Kier alpha value is -2.26. The summed E-state index contributed by atoms with van der Waals surface area (Å²) >= 11 is 1.88. The molecule has 3 rings (SSSR count). The maximum absolute atomic E-state index is 11.2. The highest BCUT2D eigenvalue weighted by Gasteiger charge is 2.24. The van der Waals surface area contributed by atoms with Crippen LogP contribution in [0.4, 0.5) is 9.59 Å². The van der Waals surface area contributed by atoms with Crippen LogP contribution in [-0.2, 0) is 9.59 Å². The lowest BCUT2D eigenvalue weighted by Crippen LogP contribution is -2.18. The highest BCUT2D eigenvalue weighted by molar-refractivity contribution is 8.18. The van der Waals surface area contributed by atoms with Crippen molar-refractivity contribution in [3.05, 3.63) is 34.7 Å². The monoisotopic (exact) mass is 338 g/mol. The molecular formula is C13H10N2O5S2. The lowest BCUT2D eigenvalue weighted by atomic mass is 10.2. The molecule has 1 aromatic carbocycles. The number of carbonyl (C=O) groups is 4. The summed E-state index contributed by atoms with van der Waals surface area (Å²) in [5.74, 6) is -0.108. The van der Waals surface area contributed by atoms with Gasteiger partial charge in [-0.05, 0) is 35.5 Å². The first-order valence-electron chi connectivity index (χ1n) is 5.94. The van der Waals surface area contributed by atoms with Gasteiger partial charge in [0.25, 0.3) is 16.4 Å². The minimum absolute atomic E-state index is 0.164. The quantitative estimate of drug-likeness (QED) is 0.668. The molecule has 2 aliphatic heterocycles. The van der Waals surface area contributed by atoms with Crippen LogP contribution in [0.2, 0.25) is 0 Å². The molecule has 4 amide bonds. The van der Waals surface area contributed by atoms with Crippen LogP contribution < -0.4 is 10.6 Å². The van der Waals surface area contributed by atoms with E-state index in [0.29, 0.717) is 10.7 Å². The van der Waals surface area contributed by atoms with Gasteiger partial charge in [-0.1, -0.05) is 23.9 Å². The molecule has 2 aliphatic rings. The van der Waals surface area contributed by atoms with Gasteiger partial charge in [0, 0.05) is 0 Å². The fraction of sp³-hybridized carbons (Fsp3) is 0.0769. The fourth-order valence-electron chi connectivity index (χ4n) is 1.46. The van der Waals surface area contributed by atoms with Crippen LogP contribution in [0.5, 0.6) is 5.75 Å². The second kappa shape index (κ2) is 7.14. The number of rotatable bonds is 1. The number of imide groups is 2. The van der Waals surface area contributed by atoms with E-state index < -0.39 is 0 Å². The third kappa shape index (κ3) is 4.64. The first-order valence-corrected chi connectivity index (χ1v) is 7.75. The van der Waals surface area contributed by atoms with E-state index in [1.165, 1.54) is 12.1 Å². The summed E-state index contributed by atoms with van der Waals surface area (Å²) in [6, 6.07) is 6.37. The Balaban J connectivity index is 0.000000211. The lowest BCUT2D eigenvalue weighted by molar-refractivity contribution is -0.117. The van der Waals surface area contributed by atoms with Crippen molar-refractivity contribution in [1.82, 2.24) is 10.6 Å². The van der Waals surface area contributed by atoms with Gasteiger partial charge in [0.15, 0.2) is 0 Å². The molecule has 2 fully saturated rings. The number of hydrogen-bond donors (Lipinski definition) is 3. The average Bonchev–Trinajstić information content (AvgIpc) is 2.98. The van der Waals surface area contributed by atoms with Crippen LogP contribution in [0.25, 0.3) is 6.08 Å². The van der Waals surface area contributed by atoms with Crippen LogP contribution in [0.15, 0.2) is 29.2 Å². The maximum Gasteiger partial charge on any atom is 0.290 e. The van der Waals surface area contributed by atoms with Crippen molar-refractivity contribution in [3.63, 3.8) is 0 Å². The molecule has 2 saturated heterocycles. The van der Waals surface area contributed by atoms with Crippen molar-refractivity contribution in [2.75, 3.05) is 5.75 Å². The summed E-state index contributed by atoms with van der Waals surface area (Å²) in [5, 5.41) is 12.7. The number of aromatic hydroxyl groups is 1. The number of amides is 4. The van der Waals surface area contributed by atoms with Gasteiger partial charge in [-0.25, -0.2) is 0 Å². The van der Waals surface area contributed by atoms with Gasteiger partial charge >= 0.3 is 0 Å². The number of hydrogen-bond acceptors (Lipinski definition) is 7. The molecule has 114 valence electrons. The first kappa shape index (κ1) is 16.1. The molecule has 0 aliphatic carbocycles. The number of phenols is 1. The summed E-state index contributed by atoms with van der Waals surface area (Å²) in [6.45, 7) is 0. The van der Waals surface area contributed by atoms with E-state index in [1.807, 2.05) is 0 Å². The number of phenolic OH excluding ortho intramolecular Hbond substituents is 1. The molecule has 2 heterocycles. The molecule has 0 bridgehead atoms. The van der Waals surface area contributed by atoms with Crippen LogP contribution in [0, 0.1) is 0 Å². The Morgan fingerprint density at radius 1 is 1.00 bits per heavy atom. The smallest absolute Gasteiger partial charge is 0.290 e. The van der Waals surface area contributed by atoms with Gasteiger partial charge in [0.05, 0.1) is 10.7 Å². The molecule has 0 unspecified atom stereocenters. The van der Waals surface area contributed by atoms with E-state index in [4.69, 9.17) is 5.11 Å². The third-order valence-electron chi connectivity index (χ3n) is 2.41. The predicted octanol–water partition coefficient (Wildman–Crippen LogP) is 1.69. The third-order valence-corrected chi connectivity index (χ3v) is 3.99. The molecule has 9 heteroatoms.